The predicted molar refractivity (Wildman–Crippen MR) is 457 cm³/mol. The Morgan fingerprint density at radius 1 is 0.547 bits per heavy atom. The first-order valence-electron chi connectivity index (χ1n) is 41.9. The zero-order chi connectivity index (χ0) is 84.7. The number of fused-ring (bicyclic) bond motifs is 1. The number of allylic oxidation sites excluding steroid dienone is 2. The van der Waals surface area contributed by atoms with E-state index in [1.807, 2.05) is 30.5 Å². The van der Waals surface area contributed by atoms with Crippen molar-refractivity contribution >= 4 is 106 Å². The van der Waals surface area contributed by atoms with Gasteiger partial charge in [0, 0.05) is 82.1 Å². The van der Waals surface area contributed by atoms with Gasteiger partial charge >= 0.3 is 0 Å². The van der Waals surface area contributed by atoms with E-state index in [4.69, 9.17) is 22.9 Å². The summed E-state index contributed by atoms with van der Waals surface area (Å²) in [5.74, 6) is -7.34. The number of para-hydroxylation sites is 1. The molecule has 6 rings (SSSR count). The number of amides is 12. The molecule has 4 aromatic rings. The van der Waals surface area contributed by atoms with E-state index in [1.54, 1.807) is 92.5 Å². The number of nitrogens with one attached hydrogen (secondary N) is 11. The van der Waals surface area contributed by atoms with Gasteiger partial charge in [-0.2, -0.15) is 16.9 Å². The normalized spacial score (nSPS) is 15.8. The zero-order valence-corrected chi connectivity index (χ0v) is 69.6. The van der Waals surface area contributed by atoms with E-state index in [0.29, 0.717) is 85.0 Å². The lowest BCUT2D eigenvalue weighted by molar-refractivity contribution is -0.142. The highest BCUT2D eigenvalue weighted by Gasteiger charge is 2.42. The van der Waals surface area contributed by atoms with Crippen molar-refractivity contribution in [1.29, 1.82) is 0 Å². The molecule has 642 valence electrons. The van der Waals surface area contributed by atoms with Gasteiger partial charge in [0.2, 0.25) is 65.0 Å². The molecule has 0 saturated carbocycles. The van der Waals surface area contributed by atoms with Crippen LogP contribution in [0, 0.1) is 5.92 Å². The Morgan fingerprint density at radius 3 is 1.67 bits per heavy atom. The topological polar surface area (TPSA) is 476 Å². The molecule has 0 unspecified atom stereocenters. The van der Waals surface area contributed by atoms with Gasteiger partial charge in [0.05, 0.1) is 6.04 Å². The molecule has 0 radical (unpaired) electrons. The summed E-state index contributed by atoms with van der Waals surface area (Å²) in [5, 5.41) is 30.0. The Hall–Kier alpha value is -10.4. The number of likely N-dealkylation sites (tertiary alicyclic amines) is 2. The molecule has 0 spiro atoms. The molecule has 3 heterocycles. The van der Waals surface area contributed by atoms with Crippen LogP contribution < -0.4 is 76.2 Å². The number of nitrogens with two attached hydrogens (primary N) is 4. The number of aromatic nitrogens is 1. The minimum absolute atomic E-state index is 0.0237. The Bertz CT molecular complexity index is 3880. The highest BCUT2D eigenvalue weighted by atomic mass is 32.2. The number of hydrazone groups is 1. The van der Waals surface area contributed by atoms with Crippen molar-refractivity contribution in [3.8, 4) is 0 Å². The van der Waals surface area contributed by atoms with E-state index >= 15 is 19.2 Å². The SMILES string of the molecule is CCCCCCCC/C=C\CCCCCCCC(=O)NCCCNC(=O)/C=N/NCC(=O)NCCC[C@H](NC(=O)[C@H](Cc1ccccc1)NC(=O)[C@@H](Cc1c[nH]c2ccccc12)NC(=O)[C@H](CCCN=C(N)N)NC(=O)[C@@H](Cc1ccccc1)NC(=O)[C@@H]1CCCN1C(=O)[C@@H](N)CCSC)C(=O)N1CCC[C@H]1C(=O)N[C@H](C(N)=O)C(C)C. The molecule has 3 aromatic carbocycles. The second kappa shape index (κ2) is 53.8. The zero-order valence-electron chi connectivity index (χ0n) is 68.8. The van der Waals surface area contributed by atoms with Gasteiger partial charge in [0.1, 0.15) is 61.1 Å². The summed E-state index contributed by atoms with van der Waals surface area (Å²) in [6, 6.07) is 14.0. The number of unbranched alkanes of at least 4 members (excludes halogenated alkanes) is 11. The van der Waals surface area contributed by atoms with Gasteiger partial charge in [-0.05, 0) is 137 Å². The van der Waals surface area contributed by atoms with Crippen LogP contribution in [-0.2, 0) is 76.8 Å². The fourth-order valence-electron chi connectivity index (χ4n) is 14.3. The molecule has 117 heavy (non-hydrogen) atoms. The average molecular weight is 1640 g/mol. The number of rotatable bonds is 56. The molecule has 1 aromatic heterocycles. The van der Waals surface area contributed by atoms with Crippen molar-refractivity contribution in [1.82, 2.24) is 68.1 Å². The fraction of sp³-hybridized carbons (Fsp3) is 0.576. The molecular formula is C85H129N19O12S. The summed E-state index contributed by atoms with van der Waals surface area (Å²) in [6.07, 6.45) is 27.0. The molecule has 2 fully saturated rings. The van der Waals surface area contributed by atoms with Crippen LogP contribution in [0.15, 0.2) is 113 Å². The molecule has 31 nitrogen and oxygen atoms in total. The predicted octanol–water partition coefficient (Wildman–Crippen LogP) is 4.49. The number of carbonyl (C=O) groups is 12. The summed E-state index contributed by atoms with van der Waals surface area (Å²) in [6.45, 7) is 6.38. The number of benzene rings is 3. The lowest BCUT2D eigenvalue weighted by Crippen LogP contribution is -2.61. The maximum Gasteiger partial charge on any atom is 0.264 e. The summed E-state index contributed by atoms with van der Waals surface area (Å²) in [4.78, 5) is 179. The number of H-pyrrole nitrogens is 1. The highest BCUT2D eigenvalue weighted by molar-refractivity contribution is 7.98. The van der Waals surface area contributed by atoms with Crippen molar-refractivity contribution in [3.63, 3.8) is 0 Å². The number of hydrogen-bond donors (Lipinski definition) is 15. The maximum atomic E-state index is 15.5. The Morgan fingerprint density at radius 2 is 1.06 bits per heavy atom. The third-order valence-electron chi connectivity index (χ3n) is 20.8. The van der Waals surface area contributed by atoms with Crippen molar-refractivity contribution in [3.05, 3.63) is 120 Å². The average Bonchev–Trinajstić information content (AvgIpc) is 1.73. The van der Waals surface area contributed by atoms with Gasteiger partial charge in [0.15, 0.2) is 5.96 Å². The first-order chi connectivity index (χ1) is 56.5. The number of aliphatic imine (C=N–C) groups is 1. The van der Waals surface area contributed by atoms with Gasteiger partial charge < -0.3 is 91.0 Å². The van der Waals surface area contributed by atoms with Gasteiger partial charge in [-0.15, -0.1) is 0 Å². The van der Waals surface area contributed by atoms with E-state index in [-0.39, 0.29) is 102 Å². The molecule has 19 N–H and O–H groups in total. The van der Waals surface area contributed by atoms with E-state index in [2.05, 4.69) is 87.4 Å². The van der Waals surface area contributed by atoms with Crippen LogP contribution in [0.2, 0.25) is 0 Å². The van der Waals surface area contributed by atoms with Crippen LogP contribution in [0.25, 0.3) is 10.9 Å². The first-order valence-corrected chi connectivity index (χ1v) is 43.2. The largest absolute Gasteiger partial charge is 0.370 e. The first kappa shape index (κ1) is 95.5. The molecular weight excluding hydrogens is 1510 g/mol. The smallest absolute Gasteiger partial charge is 0.264 e. The van der Waals surface area contributed by atoms with Gasteiger partial charge in [0.25, 0.3) is 5.91 Å². The van der Waals surface area contributed by atoms with Crippen LogP contribution in [0.5, 0.6) is 0 Å². The minimum atomic E-state index is -1.49. The van der Waals surface area contributed by atoms with Gasteiger partial charge in [-0.3, -0.25) is 62.5 Å². The van der Waals surface area contributed by atoms with Crippen LogP contribution >= 0.6 is 11.8 Å². The van der Waals surface area contributed by atoms with Crippen molar-refractivity contribution in [2.45, 2.75) is 249 Å². The second-order valence-corrected chi connectivity index (χ2v) is 31.5. The molecule has 0 aliphatic carbocycles. The van der Waals surface area contributed by atoms with Crippen LogP contribution in [-0.4, -0.2) is 210 Å². The lowest BCUT2D eigenvalue weighted by Gasteiger charge is -2.31. The molecule has 2 saturated heterocycles. The van der Waals surface area contributed by atoms with Crippen molar-refractivity contribution in [2.24, 2.45) is 38.9 Å². The molecule has 2 aliphatic rings. The lowest BCUT2D eigenvalue weighted by atomic mass is 10.0. The highest BCUT2D eigenvalue weighted by Crippen LogP contribution is 2.25. The molecule has 12 amide bonds. The standard InChI is InChI=1S/C85H129N19O12S/c1-5-6-7-8-9-10-11-12-13-14-15-16-17-18-25-43-72(105)90-47-32-48-92-74(107)57-96-95-56-73(106)91-45-29-40-66(84(116)104-50-31-42-71(104)82(114)102-75(58(2)3)76(87)108)98-79(111)67(52-59-33-21-19-22-34-59)99-80(112)69(54-61-55-94-64-38-27-26-37-62(61)64)100-77(109)65(39-28-46-93-85(88)89)97-78(110)68(53-60-35-23-20-24-36-60)101-81(113)70-41-30-49-103(70)83(115)63(86)44-51-117-4/h12-13,19-24,26-27,33-38,55,57-58,63,65-71,75,94-95H,5-11,14-18,25,28-32,39-54,56,86H2,1-4H3,(H2,87,108)(H,90,105)(H,91,106)(H,92,107)(H,97,110)(H,98,111)(H,99,112)(H,100,109)(H,101,113)(H,102,114)(H4,88,89,93)/b13-12-,96-57+/t63-,65-,66-,67-,68+,69+,70-,71-,75-/m0/s1. The summed E-state index contributed by atoms with van der Waals surface area (Å²) in [7, 11) is 0. The van der Waals surface area contributed by atoms with Crippen LogP contribution in [0.3, 0.4) is 0 Å². The minimum Gasteiger partial charge on any atom is -0.370 e. The number of guanidine groups is 1. The number of hydrogen-bond acceptors (Lipinski definition) is 17. The van der Waals surface area contributed by atoms with Crippen molar-refractivity contribution < 1.29 is 57.5 Å². The summed E-state index contributed by atoms with van der Waals surface area (Å²) in [5.41, 5.74) is 28.5. The van der Waals surface area contributed by atoms with Gasteiger partial charge in [-0.25, -0.2) is 0 Å². The van der Waals surface area contributed by atoms with E-state index in [9.17, 15) is 38.4 Å². The third-order valence-corrected chi connectivity index (χ3v) is 21.4. The van der Waals surface area contributed by atoms with Gasteiger partial charge in [-0.1, -0.05) is 163 Å². The molecule has 32 heteroatoms. The second-order valence-electron chi connectivity index (χ2n) is 30.5. The maximum absolute atomic E-state index is 15.5. The molecule has 2 aliphatic heterocycles. The van der Waals surface area contributed by atoms with Crippen LogP contribution in [0.1, 0.15) is 192 Å². The number of aromatic amines is 1. The Balaban J connectivity index is 1.14. The Kier molecular flexibility index (Phi) is 43.9. The van der Waals surface area contributed by atoms with E-state index in [1.165, 1.54) is 48.3 Å². The number of primary amides is 1. The summed E-state index contributed by atoms with van der Waals surface area (Å²) >= 11 is 1.54. The van der Waals surface area contributed by atoms with E-state index < -0.39 is 119 Å². The molecule has 0 bridgehead atoms. The fourth-order valence-corrected chi connectivity index (χ4v) is 14.8. The van der Waals surface area contributed by atoms with E-state index in [0.717, 1.165) is 51.2 Å². The number of carbonyl (C=O) groups excluding carboxylic acids is 12. The number of thioether (sulfide) groups is 1. The van der Waals surface area contributed by atoms with Crippen LogP contribution in [0.4, 0.5) is 0 Å². The van der Waals surface area contributed by atoms with Crippen molar-refractivity contribution in [2.75, 3.05) is 57.8 Å². The Labute approximate surface area is 693 Å². The quantitative estimate of drug-likeness (QED) is 0.00951. The summed E-state index contributed by atoms with van der Waals surface area (Å²) < 4.78 is 0. The molecule has 9 atom stereocenters. The third kappa shape index (κ3) is 35.2. The monoisotopic (exact) mass is 1640 g/mol. The number of nitrogens with zero attached hydrogens (tertiary/aromatic N) is 4.